The summed E-state index contributed by atoms with van der Waals surface area (Å²) in [5.41, 5.74) is 0.824. The largest absolute Gasteiger partial charge is 0.478 e. The molecule has 0 aromatic rings. The maximum atomic E-state index is 10.3. The molecule has 0 rings (SSSR count). The maximum absolute atomic E-state index is 10.3. The summed E-state index contributed by atoms with van der Waals surface area (Å²) in [6, 6.07) is 0. The Labute approximate surface area is 163 Å². The zero-order valence-electron chi connectivity index (χ0n) is 17.2. The van der Waals surface area contributed by atoms with Crippen molar-refractivity contribution >= 4 is 17.9 Å². The van der Waals surface area contributed by atoms with E-state index in [1.54, 1.807) is 0 Å². The van der Waals surface area contributed by atoms with Gasteiger partial charge in [-0.1, -0.05) is 59.8 Å². The van der Waals surface area contributed by atoms with Crippen molar-refractivity contribution in [1.29, 1.82) is 0 Å². The lowest BCUT2D eigenvalue weighted by Crippen LogP contribution is -2.00. The number of carbonyl (C=O) groups is 3. The van der Waals surface area contributed by atoms with E-state index in [-0.39, 0.29) is 5.57 Å². The molecule has 0 amide bonds. The van der Waals surface area contributed by atoms with Gasteiger partial charge in [-0.25, -0.2) is 14.4 Å². The van der Waals surface area contributed by atoms with E-state index in [2.05, 4.69) is 40.5 Å². The molecule has 0 unspecified atom stereocenters. The van der Waals surface area contributed by atoms with Crippen molar-refractivity contribution in [2.75, 3.05) is 0 Å². The summed E-state index contributed by atoms with van der Waals surface area (Å²) < 4.78 is 0. The van der Waals surface area contributed by atoms with Crippen LogP contribution in [0, 0.1) is 5.92 Å². The predicted octanol–water partition coefficient (Wildman–Crippen LogP) is 5.31. The molecule has 3 N–H and O–H groups in total. The van der Waals surface area contributed by atoms with Crippen molar-refractivity contribution < 1.29 is 29.7 Å². The Morgan fingerprint density at radius 1 is 0.778 bits per heavy atom. The van der Waals surface area contributed by atoms with Gasteiger partial charge in [0.2, 0.25) is 0 Å². The van der Waals surface area contributed by atoms with E-state index in [1.807, 2.05) is 0 Å². The summed E-state index contributed by atoms with van der Waals surface area (Å²) in [6.07, 6.45) is 6.59. The number of carboxylic acid groups (broad SMARTS) is 3. The molecule has 0 atom stereocenters. The van der Waals surface area contributed by atoms with Gasteiger partial charge < -0.3 is 15.3 Å². The molecule has 0 bridgehead atoms. The average molecular weight is 385 g/mol. The van der Waals surface area contributed by atoms with Gasteiger partial charge in [0.25, 0.3) is 0 Å². The Morgan fingerprint density at radius 3 is 1.48 bits per heavy atom. The van der Waals surface area contributed by atoms with Crippen LogP contribution < -0.4 is 0 Å². The standard InChI is InChI=1S/C9H16O2.C8H14O2.C4H6O2/c1-3-4-5-6-7-8(2)9(10)11;1-6(2)4-5-7(3)8(9)10;1-3(2)4(5)6/h2-7H2,1H3,(H,10,11);6H,3-5H2,1-2H3,(H,9,10);1H2,2H3,(H,5,6). The van der Waals surface area contributed by atoms with Crippen LogP contribution in [0.25, 0.3) is 0 Å². The summed E-state index contributed by atoms with van der Waals surface area (Å²) in [7, 11) is 0. The van der Waals surface area contributed by atoms with Crippen LogP contribution in [0.3, 0.4) is 0 Å². The Kier molecular flexibility index (Phi) is 20.1. The molecular formula is C21H36O6. The van der Waals surface area contributed by atoms with Gasteiger partial charge in [-0.3, -0.25) is 0 Å². The van der Waals surface area contributed by atoms with E-state index in [9.17, 15) is 14.4 Å². The normalized spacial score (nSPS) is 9.22. The van der Waals surface area contributed by atoms with Gasteiger partial charge in [-0.15, -0.1) is 0 Å². The third-order valence-corrected chi connectivity index (χ3v) is 3.33. The van der Waals surface area contributed by atoms with Gasteiger partial charge in [-0.2, -0.15) is 0 Å². The van der Waals surface area contributed by atoms with E-state index in [0.29, 0.717) is 29.9 Å². The SMILES string of the molecule is C=C(C)C(=O)O.C=C(CCC(C)C)C(=O)O.C=C(CCCCCC)C(=O)O. The fraction of sp³-hybridized carbons (Fsp3) is 0.571. The third-order valence-electron chi connectivity index (χ3n) is 3.33. The van der Waals surface area contributed by atoms with Crippen molar-refractivity contribution in [3.63, 3.8) is 0 Å². The minimum Gasteiger partial charge on any atom is -0.478 e. The molecule has 0 radical (unpaired) electrons. The fourth-order valence-corrected chi connectivity index (χ4v) is 1.44. The lowest BCUT2D eigenvalue weighted by atomic mass is 10.0. The first-order chi connectivity index (χ1) is 12.4. The molecule has 0 aliphatic carbocycles. The summed E-state index contributed by atoms with van der Waals surface area (Å²) in [4.78, 5) is 30.1. The van der Waals surface area contributed by atoms with Crippen molar-refractivity contribution in [2.24, 2.45) is 5.92 Å². The van der Waals surface area contributed by atoms with E-state index < -0.39 is 17.9 Å². The van der Waals surface area contributed by atoms with E-state index in [4.69, 9.17) is 15.3 Å². The second kappa shape index (κ2) is 18.4. The highest BCUT2D eigenvalue weighted by Gasteiger charge is 2.04. The summed E-state index contributed by atoms with van der Waals surface area (Å²) in [5, 5.41) is 24.7. The quantitative estimate of drug-likeness (QED) is 0.329. The highest BCUT2D eigenvalue weighted by atomic mass is 16.4. The van der Waals surface area contributed by atoms with Gasteiger partial charge >= 0.3 is 17.9 Å². The monoisotopic (exact) mass is 384 g/mol. The molecule has 0 fully saturated rings. The predicted molar refractivity (Wildman–Crippen MR) is 109 cm³/mol. The Balaban J connectivity index is -0.000000334. The maximum Gasteiger partial charge on any atom is 0.330 e. The smallest absolute Gasteiger partial charge is 0.330 e. The average Bonchev–Trinajstić information content (AvgIpc) is 2.57. The van der Waals surface area contributed by atoms with Gasteiger partial charge in [0, 0.05) is 16.7 Å². The lowest BCUT2D eigenvalue weighted by Gasteiger charge is -2.02. The number of unbranched alkanes of at least 4 members (excludes halogenated alkanes) is 3. The molecule has 0 aromatic carbocycles. The highest BCUT2D eigenvalue weighted by molar-refractivity contribution is 5.86. The second-order valence-electron chi connectivity index (χ2n) is 6.65. The number of carboxylic acids is 3. The molecule has 6 heteroatoms. The van der Waals surface area contributed by atoms with Crippen molar-refractivity contribution in [1.82, 2.24) is 0 Å². The van der Waals surface area contributed by atoms with Gasteiger partial charge in [0.1, 0.15) is 0 Å². The minimum absolute atomic E-state index is 0.176. The van der Waals surface area contributed by atoms with Gasteiger partial charge in [0.15, 0.2) is 0 Å². The molecule has 0 aliphatic heterocycles. The Bertz CT molecular complexity index is 491. The number of hydrogen-bond donors (Lipinski definition) is 3. The van der Waals surface area contributed by atoms with Crippen molar-refractivity contribution in [3.05, 3.63) is 36.5 Å². The zero-order chi connectivity index (χ0) is 22.0. The van der Waals surface area contributed by atoms with E-state index in [1.165, 1.54) is 19.8 Å². The first-order valence-corrected chi connectivity index (χ1v) is 9.07. The minimum atomic E-state index is -0.935. The molecule has 0 heterocycles. The number of rotatable bonds is 11. The molecule has 0 saturated carbocycles. The first kappa shape index (κ1) is 29.4. The van der Waals surface area contributed by atoms with Gasteiger partial charge in [0.05, 0.1) is 0 Å². The van der Waals surface area contributed by atoms with Crippen LogP contribution in [0.5, 0.6) is 0 Å². The van der Waals surface area contributed by atoms with Crippen LogP contribution in [-0.2, 0) is 14.4 Å². The molecule has 0 aromatic heterocycles. The molecule has 0 spiro atoms. The van der Waals surface area contributed by atoms with Crippen LogP contribution >= 0.6 is 0 Å². The molecule has 0 saturated heterocycles. The van der Waals surface area contributed by atoms with Crippen molar-refractivity contribution in [3.8, 4) is 0 Å². The van der Waals surface area contributed by atoms with Crippen LogP contribution in [0.4, 0.5) is 0 Å². The van der Waals surface area contributed by atoms with E-state index in [0.717, 1.165) is 19.3 Å². The van der Waals surface area contributed by atoms with Crippen LogP contribution in [0.1, 0.15) is 72.6 Å². The Hall–Kier alpha value is -2.37. The summed E-state index contributed by atoms with van der Waals surface area (Å²) >= 11 is 0. The highest BCUT2D eigenvalue weighted by Crippen LogP contribution is 2.09. The van der Waals surface area contributed by atoms with Gasteiger partial charge in [-0.05, 0) is 38.5 Å². The number of aliphatic carboxylic acids is 3. The van der Waals surface area contributed by atoms with Crippen LogP contribution in [0.2, 0.25) is 0 Å². The molecular weight excluding hydrogens is 348 g/mol. The van der Waals surface area contributed by atoms with Crippen LogP contribution in [-0.4, -0.2) is 33.2 Å². The topological polar surface area (TPSA) is 112 Å². The van der Waals surface area contributed by atoms with E-state index >= 15 is 0 Å². The lowest BCUT2D eigenvalue weighted by molar-refractivity contribution is -0.133. The second-order valence-corrected chi connectivity index (χ2v) is 6.65. The van der Waals surface area contributed by atoms with Crippen LogP contribution in [0.15, 0.2) is 36.5 Å². The molecule has 0 aliphatic rings. The number of hydrogen-bond acceptors (Lipinski definition) is 3. The molecule has 156 valence electrons. The van der Waals surface area contributed by atoms with Crippen molar-refractivity contribution in [2.45, 2.75) is 72.6 Å². The first-order valence-electron chi connectivity index (χ1n) is 9.07. The molecule has 6 nitrogen and oxygen atoms in total. The molecule has 27 heavy (non-hydrogen) atoms. The third kappa shape index (κ3) is 26.0. The summed E-state index contributed by atoms with van der Waals surface area (Å²) in [5.74, 6) is -2.12. The fourth-order valence-electron chi connectivity index (χ4n) is 1.44. The zero-order valence-corrected chi connectivity index (χ0v) is 17.2. The summed E-state index contributed by atoms with van der Waals surface area (Å²) in [6.45, 7) is 17.7. The Morgan fingerprint density at radius 2 is 1.19 bits per heavy atom.